The Morgan fingerprint density at radius 3 is 1.64 bits per heavy atom. The fourth-order valence-electron chi connectivity index (χ4n) is 9.83. The van der Waals surface area contributed by atoms with Crippen LogP contribution in [0.25, 0.3) is 39.0 Å². The molecule has 9 aromatic rings. The second-order valence-electron chi connectivity index (χ2n) is 24.8. The van der Waals surface area contributed by atoms with Gasteiger partial charge in [-0.2, -0.15) is 6.07 Å². The molecule has 0 aliphatic carbocycles. The average molecular weight is 1130 g/mol. The van der Waals surface area contributed by atoms with Crippen LogP contribution in [-0.2, 0) is 53.6 Å². The van der Waals surface area contributed by atoms with Gasteiger partial charge in [0, 0.05) is 55.9 Å². The van der Waals surface area contributed by atoms with Crippen molar-refractivity contribution in [2.75, 3.05) is 0 Å². The molecule has 374 valence electrons. The normalized spacial score (nSPS) is 12.9. The minimum Gasteiger partial charge on any atom is -0.510 e. The molecule has 0 saturated heterocycles. The molecule has 0 spiro atoms. The Morgan fingerprint density at radius 1 is 0.500 bits per heavy atom. The Bertz CT molecular complexity index is 3390. The number of rotatable bonds is 9. The SMILES string of the molecule is CC(C)(C)c1cc(-[n+]2[c-]n(-c3[c-]c(Oc4[c-]c5c(c(C(C)(C)C)c4)c4ccccc4n5-c4cc(C(C)(C)C)ccn4)cc(C(C)(C)c4ccccc4)c3)c(C(C)(C)c3ccccc3)c2)cc(C(C)(C)C)c1.[Pt]. The summed E-state index contributed by atoms with van der Waals surface area (Å²) in [6.45, 7) is 36.5. The van der Waals surface area contributed by atoms with E-state index in [2.05, 4.69) is 283 Å². The minimum atomic E-state index is -0.441. The quantitative estimate of drug-likeness (QED) is 0.107. The molecule has 3 heterocycles. The first-order valence-electron chi connectivity index (χ1n) is 25.3. The van der Waals surface area contributed by atoms with Crippen LogP contribution in [0.1, 0.15) is 155 Å². The maximum atomic E-state index is 7.25. The number of benzene rings is 6. The zero-order valence-electron chi connectivity index (χ0n) is 45.4. The maximum absolute atomic E-state index is 7.25. The summed E-state index contributed by atoms with van der Waals surface area (Å²) >= 11 is 0. The third kappa shape index (κ3) is 10.0. The van der Waals surface area contributed by atoms with E-state index in [1.54, 1.807) is 0 Å². The fraction of sp³-hybridized carbons (Fsp3) is 0.333. The van der Waals surface area contributed by atoms with Crippen LogP contribution in [0.2, 0.25) is 0 Å². The summed E-state index contributed by atoms with van der Waals surface area (Å²) in [5, 5.41) is 2.31. The zero-order valence-corrected chi connectivity index (χ0v) is 47.6. The smallest absolute Gasteiger partial charge is 0.267 e. The summed E-state index contributed by atoms with van der Waals surface area (Å²) in [5.41, 5.74) is 12.1. The van der Waals surface area contributed by atoms with Crippen LogP contribution < -0.4 is 9.30 Å². The number of hydrogen-bond acceptors (Lipinski definition) is 2. The van der Waals surface area contributed by atoms with Gasteiger partial charge in [-0.15, -0.1) is 35.4 Å². The molecule has 0 unspecified atom stereocenters. The van der Waals surface area contributed by atoms with Crippen LogP contribution in [0.4, 0.5) is 0 Å². The molecule has 6 aromatic carbocycles. The van der Waals surface area contributed by atoms with Crippen LogP contribution in [0.3, 0.4) is 0 Å². The van der Waals surface area contributed by atoms with Crippen LogP contribution in [0, 0.1) is 18.5 Å². The van der Waals surface area contributed by atoms with Gasteiger partial charge in [0.25, 0.3) is 6.33 Å². The molecule has 0 fully saturated rings. The van der Waals surface area contributed by atoms with Crippen LogP contribution in [-0.4, -0.2) is 14.1 Å². The van der Waals surface area contributed by atoms with Crippen molar-refractivity contribution in [3.63, 3.8) is 0 Å². The summed E-state index contributed by atoms with van der Waals surface area (Å²) in [6.07, 6.45) is 8.09. The van der Waals surface area contributed by atoms with E-state index in [0.717, 1.165) is 50.3 Å². The molecule has 9 rings (SSSR count). The van der Waals surface area contributed by atoms with Gasteiger partial charge in [0.1, 0.15) is 5.82 Å². The van der Waals surface area contributed by atoms with E-state index < -0.39 is 10.8 Å². The number of aromatic nitrogens is 4. The van der Waals surface area contributed by atoms with Crippen molar-refractivity contribution in [3.05, 3.63) is 209 Å². The third-order valence-corrected chi connectivity index (χ3v) is 14.6. The molecule has 0 bridgehead atoms. The number of ether oxygens (including phenoxy) is 1. The summed E-state index contributed by atoms with van der Waals surface area (Å²) < 4.78 is 13.9. The van der Waals surface area contributed by atoms with Crippen LogP contribution >= 0.6 is 0 Å². The number of hydrogen-bond donors (Lipinski definition) is 0. The first kappa shape index (κ1) is 52.3. The number of para-hydroxylation sites is 1. The number of fused-ring (bicyclic) bond motifs is 3. The predicted molar refractivity (Wildman–Crippen MR) is 294 cm³/mol. The van der Waals surface area contributed by atoms with Crippen molar-refractivity contribution >= 4 is 21.8 Å². The van der Waals surface area contributed by atoms with Gasteiger partial charge in [-0.05, 0) is 96.3 Å². The Balaban J connectivity index is 0.00000693. The first-order chi connectivity index (χ1) is 33.2. The Kier molecular flexibility index (Phi) is 13.6. The van der Waals surface area contributed by atoms with Gasteiger partial charge in [0.2, 0.25) is 0 Å². The van der Waals surface area contributed by atoms with Gasteiger partial charge in [0.15, 0.2) is 0 Å². The number of imidazole rings is 1. The largest absolute Gasteiger partial charge is 0.510 e. The molecule has 0 aliphatic rings. The minimum absolute atomic E-state index is 0. The molecule has 0 atom stereocenters. The Morgan fingerprint density at radius 2 is 1.06 bits per heavy atom. The summed E-state index contributed by atoms with van der Waals surface area (Å²) in [5.74, 6) is 2.06. The van der Waals surface area contributed by atoms with Crippen LogP contribution in [0.5, 0.6) is 11.5 Å². The standard InChI is InChI=1S/C66H72N4O.Pt/c1-61(2,3)46-31-32-67-59(38-46)70-56-30-24-23-29-54(56)60-55(64(10,11)12)40-53(41-57(60)70)71-52-37-49(65(13,14)44-25-19-17-20-26-44)36-51(39-52)69-43-68(42-58(69)66(15,16)45-27-21-18-22-28-45)50-34-47(62(4,5)6)33-48(35-50)63(7,8)9;/h17-38,40,42H,1-16H3;/q-2;. The van der Waals surface area contributed by atoms with E-state index in [4.69, 9.17) is 9.72 Å². The molecule has 0 amide bonds. The maximum Gasteiger partial charge on any atom is 0.267 e. The van der Waals surface area contributed by atoms with Gasteiger partial charge in [-0.1, -0.05) is 207 Å². The van der Waals surface area contributed by atoms with Crippen molar-refractivity contribution in [2.45, 2.75) is 143 Å². The van der Waals surface area contributed by atoms with Crippen molar-refractivity contribution in [3.8, 4) is 28.7 Å². The van der Waals surface area contributed by atoms with Gasteiger partial charge in [-0.25, -0.2) is 4.98 Å². The average Bonchev–Trinajstić information content (AvgIpc) is 3.92. The third-order valence-electron chi connectivity index (χ3n) is 14.6. The molecular weight excluding hydrogens is 1060 g/mol. The number of nitrogens with zero attached hydrogens (tertiary/aromatic N) is 4. The van der Waals surface area contributed by atoms with Crippen molar-refractivity contribution in [2.24, 2.45) is 0 Å². The molecular formula is C66H72N4OPt-2. The van der Waals surface area contributed by atoms with Gasteiger partial charge in [-0.3, -0.25) is 4.57 Å². The van der Waals surface area contributed by atoms with E-state index in [-0.39, 0.29) is 42.7 Å². The Hall–Kier alpha value is -6.03. The molecule has 0 saturated carbocycles. The predicted octanol–water partition coefficient (Wildman–Crippen LogP) is 16.3. The van der Waals surface area contributed by atoms with Gasteiger partial charge in [0.05, 0.1) is 11.4 Å². The van der Waals surface area contributed by atoms with Gasteiger partial charge >= 0.3 is 0 Å². The molecule has 0 N–H and O–H groups in total. The zero-order chi connectivity index (χ0) is 51.1. The van der Waals surface area contributed by atoms with E-state index in [1.165, 1.54) is 33.4 Å². The number of pyridine rings is 1. The van der Waals surface area contributed by atoms with Gasteiger partial charge < -0.3 is 13.9 Å². The van der Waals surface area contributed by atoms with Crippen molar-refractivity contribution in [1.82, 2.24) is 14.1 Å². The summed E-state index contributed by atoms with van der Waals surface area (Å²) in [4.78, 5) is 5.01. The van der Waals surface area contributed by atoms with Crippen molar-refractivity contribution in [1.29, 1.82) is 0 Å². The fourth-order valence-corrected chi connectivity index (χ4v) is 9.83. The van der Waals surface area contributed by atoms with E-state index in [1.807, 2.05) is 6.20 Å². The van der Waals surface area contributed by atoms with E-state index in [9.17, 15) is 0 Å². The molecule has 0 radical (unpaired) electrons. The second kappa shape index (κ2) is 18.8. The molecule has 72 heavy (non-hydrogen) atoms. The Labute approximate surface area is 444 Å². The summed E-state index contributed by atoms with van der Waals surface area (Å²) in [6, 6.07) is 55.8. The topological polar surface area (TPSA) is 35.9 Å². The first-order valence-corrected chi connectivity index (χ1v) is 25.3. The molecule has 3 aromatic heterocycles. The second-order valence-corrected chi connectivity index (χ2v) is 24.8. The van der Waals surface area contributed by atoms with E-state index in [0.29, 0.717) is 11.5 Å². The van der Waals surface area contributed by atoms with E-state index >= 15 is 0 Å². The molecule has 0 aliphatic heterocycles. The monoisotopic (exact) mass is 1130 g/mol. The van der Waals surface area contributed by atoms with Crippen molar-refractivity contribution < 1.29 is 30.4 Å². The summed E-state index contributed by atoms with van der Waals surface area (Å²) in [7, 11) is 0. The molecule has 6 heteroatoms. The molecule has 5 nitrogen and oxygen atoms in total. The van der Waals surface area contributed by atoms with Crippen LogP contribution in [0.15, 0.2) is 146 Å².